The second-order valence-electron chi connectivity index (χ2n) is 2.86. The van der Waals surface area contributed by atoms with Crippen LogP contribution in [0.25, 0.3) is 0 Å². The Hall–Kier alpha value is -1.20. The van der Waals surface area contributed by atoms with E-state index in [4.69, 9.17) is 10.5 Å². The summed E-state index contributed by atoms with van der Waals surface area (Å²) in [4.78, 5) is 11.3. The lowest BCUT2D eigenvalue weighted by molar-refractivity contribution is 0.0531. The van der Waals surface area contributed by atoms with Crippen LogP contribution in [0.2, 0.25) is 0 Å². The SMILES string of the molecule is CCOC(CN)Cn1ncccc1=O. The van der Waals surface area contributed by atoms with Gasteiger partial charge in [-0.2, -0.15) is 5.10 Å². The van der Waals surface area contributed by atoms with E-state index >= 15 is 0 Å². The maximum Gasteiger partial charge on any atom is 0.266 e. The maximum absolute atomic E-state index is 11.3. The molecule has 0 spiro atoms. The van der Waals surface area contributed by atoms with Gasteiger partial charge in [-0.15, -0.1) is 0 Å². The molecule has 0 saturated heterocycles. The van der Waals surface area contributed by atoms with Gasteiger partial charge in [-0.05, 0) is 13.0 Å². The van der Waals surface area contributed by atoms with Crippen molar-refractivity contribution < 1.29 is 4.74 Å². The van der Waals surface area contributed by atoms with Crippen LogP contribution in [-0.2, 0) is 11.3 Å². The number of aromatic nitrogens is 2. The number of hydrogen-bond acceptors (Lipinski definition) is 4. The fraction of sp³-hybridized carbons (Fsp3) is 0.556. The molecule has 1 rings (SSSR count). The van der Waals surface area contributed by atoms with Crippen LogP contribution in [0.1, 0.15) is 6.92 Å². The lowest BCUT2D eigenvalue weighted by atomic mass is 10.3. The molecule has 1 heterocycles. The zero-order valence-corrected chi connectivity index (χ0v) is 8.22. The first-order chi connectivity index (χ1) is 6.77. The van der Waals surface area contributed by atoms with Gasteiger partial charge in [0.2, 0.25) is 0 Å². The lowest BCUT2D eigenvalue weighted by Gasteiger charge is -2.14. The van der Waals surface area contributed by atoms with Crippen molar-refractivity contribution >= 4 is 0 Å². The minimum absolute atomic E-state index is 0.134. The highest BCUT2D eigenvalue weighted by atomic mass is 16.5. The van der Waals surface area contributed by atoms with Crippen molar-refractivity contribution in [3.05, 3.63) is 28.7 Å². The Morgan fingerprint density at radius 2 is 2.50 bits per heavy atom. The minimum atomic E-state index is -0.146. The zero-order valence-electron chi connectivity index (χ0n) is 8.22. The second kappa shape index (κ2) is 5.51. The first-order valence-corrected chi connectivity index (χ1v) is 4.61. The van der Waals surface area contributed by atoms with E-state index in [-0.39, 0.29) is 11.7 Å². The van der Waals surface area contributed by atoms with Crippen LogP contribution in [0, 0.1) is 0 Å². The fourth-order valence-corrected chi connectivity index (χ4v) is 1.15. The molecule has 1 aromatic rings. The van der Waals surface area contributed by atoms with E-state index in [2.05, 4.69) is 5.10 Å². The van der Waals surface area contributed by atoms with Gasteiger partial charge in [0.1, 0.15) is 0 Å². The van der Waals surface area contributed by atoms with Gasteiger partial charge >= 0.3 is 0 Å². The normalized spacial score (nSPS) is 12.7. The topological polar surface area (TPSA) is 70.1 Å². The first-order valence-electron chi connectivity index (χ1n) is 4.61. The third kappa shape index (κ3) is 2.93. The number of nitrogens with zero attached hydrogens (tertiary/aromatic N) is 2. The van der Waals surface area contributed by atoms with Gasteiger partial charge in [0.05, 0.1) is 12.6 Å². The molecule has 1 aromatic heterocycles. The predicted molar refractivity (Wildman–Crippen MR) is 53.0 cm³/mol. The van der Waals surface area contributed by atoms with Crippen molar-refractivity contribution in [3.63, 3.8) is 0 Å². The molecule has 1 atom stereocenters. The molecular weight excluding hydrogens is 182 g/mol. The highest BCUT2D eigenvalue weighted by molar-refractivity contribution is 4.85. The van der Waals surface area contributed by atoms with Gasteiger partial charge in [0.15, 0.2) is 0 Å². The quantitative estimate of drug-likeness (QED) is 0.697. The van der Waals surface area contributed by atoms with Crippen LogP contribution < -0.4 is 11.3 Å². The zero-order chi connectivity index (χ0) is 10.4. The fourth-order valence-electron chi connectivity index (χ4n) is 1.15. The van der Waals surface area contributed by atoms with Gasteiger partial charge in [0.25, 0.3) is 5.56 Å². The Labute approximate surface area is 82.5 Å². The molecular formula is C9H15N3O2. The van der Waals surface area contributed by atoms with E-state index in [1.807, 2.05) is 6.92 Å². The van der Waals surface area contributed by atoms with E-state index in [9.17, 15) is 4.79 Å². The van der Waals surface area contributed by atoms with Gasteiger partial charge in [-0.25, -0.2) is 4.68 Å². The van der Waals surface area contributed by atoms with Crippen LogP contribution >= 0.6 is 0 Å². The highest BCUT2D eigenvalue weighted by Crippen LogP contribution is 1.91. The summed E-state index contributed by atoms with van der Waals surface area (Å²) in [7, 11) is 0. The average molecular weight is 197 g/mol. The van der Waals surface area contributed by atoms with E-state index in [0.29, 0.717) is 19.7 Å². The molecule has 0 aromatic carbocycles. The summed E-state index contributed by atoms with van der Waals surface area (Å²) in [5.74, 6) is 0. The van der Waals surface area contributed by atoms with Gasteiger partial charge in [-0.1, -0.05) is 0 Å². The summed E-state index contributed by atoms with van der Waals surface area (Å²) in [6.45, 7) is 3.27. The summed E-state index contributed by atoms with van der Waals surface area (Å²) < 4.78 is 6.68. The van der Waals surface area contributed by atoms with Gasteiger partial charge < -0.3 is 10.5 Å². The Kier molecular flexibility index (Phi) is 4.28. The van der Waals surface area contributed by atoms with Crippen LogP contribution in [0.3, 0.4) is 0 Å². The van der Waals surface area contributed by atoms with E-state index < -0.39 is 0 Å². The summed E-state index contributed by atoms with van der Waals surface area (Å²) in [5.41, 5.74) is 5.35. The molecule has 1 unspecified atom stereocenters. The Morgan fingerprint density at radius 3 is 3.07 bits per heavy atom. The molecule has 0 aliphatic carbocycles. The Bertz CT molecular complexity index is 324. The molecule has 5 nitrogen and oxygen atoms in total. The summed E-state index contributed by atoms with van der Waals surface area (Å²) in [6.07, 6.45) is 1.42. The molecule has 5 heteroatoms. The molecule has 0 fully saturated rings. The third-order valence-electron chi connectivity index (χ3n) is 1.83. The molecule has 2 N–H and O–H groups in total. The molecule has 0 amide bonds. The van der Waals surface area contributed by atoms with Gasteiger partial charge in [-0.3, -0.25) is 4.79 Å². The van der Waals surface area contributed by atoms with Crippen molar-refractivity contribution in [2.75, 3.05) is 13.2 Å². The smallest absolute Gasteiger partial charge is 0.266 e. The summed E-state index contributed by atoms with van der Waals surface area (Å²) in [5, 5.41) is 3.92. The van der Waals surface area contributed by atoms with Gasteiger partial charge in [0, 0.05) is 25.4 Å². The Morgan fingerprint density at radius 1 is 1.71 bits per heavy atom. The second-order valence-corrected chi connectivity index (χ2v) is 2.86. The van der Waals surface area contributed by atoms with E-state index in [1.165, 1.54) is 10.7 Å². The number of rotatable bonds is 5. The minimum Gasteiger partial charge on any atom is -0.375 e. The van der Waals surface area contributed by atoms with Crippen LogP contribution in [0.4, 0.5) is 0 Å². The number of ether oxygens (including phenoxy) is 1. The van der Waals surface area contributed by atoms with Crippen molar-refractivity contribution in [1.29, 1.82) is 0 Å². The average Bonchev–Trinajstić information content (AvgIpc) is 2.20. The lowest BCUT2D eigenvalue weighted by Crippen LogP contribution is -2.34. The van der Waals surface area contributed by atoms with Crippen molar-refractivity contribution in [2.45, 2.75) is 19.6 Å². The van der Waals surface area contributed by atoms with Crippen LogP contribution in [0.15, 0.2) is 23.1 Å². The Balaban J connectivity index is 2.67. The molecule has 0 radical (unpaired) electrons. The highest BCUT2D eigenvalue weighted by Gasteiger charge is 2.07. The summed E-state index contributed by atoms with van der Waals surface area (Å²) >= 11 is 0. The van der Waals surface area contributed by atoms with Crippen LogP contribution in [0.5, 0.6) is 0 Å². The van der Waals surface area contributed by atoms with E-state index in [0.717, 1.165) is 0 Å². The number of hydrogen-bond donors (Lipinski definition) is 1. The summed E-state index contributed by atoms with van der Waals surface area (Å²) in [6, 6.07) is 3.07. The molecule has 0 aliphatic rings. The first kappa shape index (κ1) is 10.9. The molecule has 0 bridgehead atoms. The molecule has 0 aliphatic heterocycles. The third-order valence-corrected chi connectivity index (χ3v) is 1.83. The van der Waals surface area contributed by atoms with Crippen LogP contribution in [-0.4, -0.2) is 29.0 Å². The van der Waals surface area contributed by atoms with Crippen molar-refractivity contribution in [1.82, 2.24) is 9.78 Å². The largest absolute Gasteiger partial charge is 0.375 e. The van der Waals surface area contributed by atoms with Crippen molar-refractivity contribution in [3.8, 4) is 0 Å². The monoisotopic (exact) mass is 197 g/mol. The van der Waals surface area contributed by atoms with Crippen molar-refractivity contribution in [2.24, 2.45) is 5.73 Å². The maximum atomic E-state index is 11.3. The number of nitrogens with two attached hydrogens (primary N) is 1. The molecule has 0 saturated carbocycles. The predicted octanol–water partition coefficient (Wildman–Crippen LogP) is -0.393. The molecule has 14 heavy (non-hydrogen) atoms. The standard InChI is InChI=1S/C9H15N3O2/c1-2-14-8(6-10)7-12-9(13)4-3-5-11-12/h3-5,8H,2,6-7,10H2,1H3. The molecule has 78 valence electrons. The van der Waals surface area contributed by atoms with E-state index in [1.54, 1.807) is 12.3 Å².